The molecular formula is C12H25N3O8. The molecule has 2 heterocycles. The van der Waals surface area contributed by atoms with Gasteiger partial charge in [0.15, 0.2) is 12.6 Å². The van der Waals surface area contributed by atoms with E-state index in [2.05, 4.69) is 0 Å². The van der Waals surface area contributed by atoms with E-state index in [1.54, 1.807) is 0 Å². The van der Waals surface area contributed by atoms with Crippen molar-refractivity contribution in [1.82, 2.24) is 0 Å². The molecule has 2 fully saturated rings. The maximum Gasteiger partial charge on any atom is 0.176 e. The molecule has 2 aliphatic heterocycles. The van der Waals surface area contributed by atoms with Crippen LogP contribution in [0.15, 0.2) is 0 Å². The summed E-state index contributed by atoms with van der Waals surface area (Å²) in [6.07, 6.45) is -9.83. The summed E-state index contributed by atoms with van der Waals surface area (Å²) in [5, 5.41) is 48.8. The van der Waals surface area contributed by atoms with Gasteiger partial charge in [-0.3, -0.25) is 0 Å². The summed E-state index contributed by atoms with van der Waals surface area (Å²) < 4.78 is 16.0. The SMILES string of the molecule is NC[C@H]1O[C@H](O[C@H]2[C@H](O)[C@@H](N)C(O)O[C@@H]2CO)[C@H](N)[C@@H](O)[C@@H]1O. The molecule has 11 N–H and O–H groups in total. The monoisotopic (exact) mass is 339 g/mol. The molecule has 0 aromatic carbocycles. The van der Waals surface area contributed by atoms with Crippen LogP contribution in [0.3, 0.4) is 0 Å². The molecule has 0 aromatic heterocycles. The standard InChI is InChI=1S/C12H25N3O8/c13-1-3-7(17)8(18)6(15)12(22-3)23-10-4(2-16)21-11(20)5(14)9(10)19/h3-12,16-20H,1-2,13-15H2/t3-,4-,5-,6-,7-,8-,9-,10-,11?,12-/m1/s1. The zero-order chi connectivity index (χ0) is 17.3. The van der Waals surface area contributed by atoms with Crippen LogP contribution >= 0.6 is 0 Å². The van der Waals surface area contributed by atoms with Crippen molar-refractivity contribution < 1.29 is 39.7 Å². The molecule has 2 rings (SSSR count). The predicted molar refractivity (Wildman–Crippen MR) is 74.5 cm³/mol. The van der Waals surface area contributed by atoms with Crippen molar-refractivity contribution in [2.45, 2.75) is 61.3 Å². The van der Waals surface area contributed by atoms with E-state index in [0.29, 0.717) is 0 Å². The summed E-state index contributed by atoms with van der Waals surface area (Å²) in [4.78, 5) is 0. The van der Waals surface area contributed by atoms with Crippen LogP contribution in [-0.4, -0.2) is 100.0 Å². The average molecular weight is 339 g/mol. The smallest absolute Gasteiger partial charge is 0.176 e. The summed E-state index contributed by atoms with van der Waals surface area (Å²) >= 11 is 0. The van der Waals surface area contributed by atoms with E-state index in [4.69, 9.17) is 31.4 Å². The molecule has 2 aliphatic rings. The summed E-state index contributed by atoms with van der Waals surface area (Å²) in [6.45, 7) is -0.644. The molecule has 2 saturated heterocycles. The van der Waals surface area contributed by atoms with Crippen molar-refractivity contribution in [2.75, 3.05) is 13.2 Å². The van der Waals surface area contributed by atoms with Crippen LogP contribution in [0.1, 0.15) is 0 Å². The number of aliphatic hydroxyl groups excluding tert-OH is 5. The molecule has 0 spiro atoms. The zero-order valence-electron chi connectivity index (χ0n) is 12.4. The topological polar surface area (TPSA) is 207 Å². The molecule has 11 heteroatoms. The van der Waals surface area contributed by atoms with Gasteiger partial charge in [0, 0.05) is 6.54 Å². The van der Waals surface area contributed by atoms with Crippen molar-refractivity contribution >= 4 is 0 Å². The minimum atomic E-state index is -1.47. The second-order valence-electron chi connectivity index (χ2n) is 5.75. The lowest BCUT2D eigenvalue weighted by molar-refractivity contribution is -0.320. The van der Waals surface area contributed by atoms with Gasteiger partial charge in [0.05, 0.1) is 18.7 Å². The summed E-state index contributed by atoms with van der Waals surface area (Å²) in [7, 11) is 0. The normalized spacial score (nSPS) is 51.7. The van der Waals surface area contributed by atoms with Crippen molar-refractivity contribution in [2.24, 2.45) is 17.2 Å². The molecule has 0 radical (unpaired) electrons. The van der Waals surface area contributed by atoms with Gasteiger partial charge in [-0.15, -0.1) is 0 Å². The van der Waals surface area contributed by atoms with Crippen LogP contribution in [0, 0.1) is 0 Å². The second-order valence-corrected chi connectivity index (χ2v) is 5.75. The molecule has 23 heavy (non-hydrogen) atoms. The fourth-order valence-electron chi connectivity index (χ4n) is 2.69. The van der Waals surface area contributed by atoms with E-state index < -0.39 is 67.9 Å². The summed E-state index contributed by atoms with van der Waals surface area (Å²) in [6, 6.07) is -2.29. The largest absolute Gasteiger partial charge is 0.394 e. The van der Waals surface area contributed by atoms with E-state index >= 15 is 0 Å². The molecule has 0 bridgehead atoms. The highest BCUT2D eigenvalue weighted by Gasteiger charge is 2.48. The van der Waals surface area contributed by atoms with E-state index in [9.17, 15) is 25.5 Å². The Hall–Kier alpha value is -0.440. The van der Waals surface area contributed by atoms with Gasteiger partial charge in [0.1, 0.15) is 36.6 Å². The number of hydrogen-bond donors (Lipinski definition) is 8. The highest BCUT2D eigenvalue weighted by atomic mass is 16.7. The average Bonchev–Trinajstić information content (AvgIpc) is 2.55. The van der Waals surface area contributed by atoms with Gasteiger partial charge in [0.2, 0.25) is 0 Å². The Bertz CT molecular complexity index is 387. The van der Waals surface area contributed by atoms with Crippen LogP contribution in [0.2, 0.25) is 0 Å². The molecule has 11 nitrogen and oxygen atoms in total. The Morgan fingerprint density at radius 1 is 0.870 bits per heavy atom. The first-order valence-corrected chi connectivity index (χ1v) is 7.32. The van der Waals surface area contributed by atoms with E-state index in [0.717, 1.165) is 0 Å². The van der Waals surface area contributed by atoms with Crippen molar-refractivity contribution in [3.8, 4) is 0 Å². The zero-order valence-corrected chi connectivity index (χ0v) is 12.4. The van der Waals surface area contributed by atoms with Crippen molar-refractivity contribution in [3.05, 3.63) is 0 Å². The van der Waals surface area contributed by atoms with Crippen LogP contribution in [-0.2, 0) is 14.2 Å². The third-order valence-electron chi connectivity index (χ3n) is 4.19. The first kappa shape index (κ1) is 18.9. The van der Waals surface area contributed by atoms with Crippen molar-refractivity contribution in [1.29, 1.82) is 0 Å². The van der Waals surface area contributed by atoms with E-state index in [1.807, 2.05) is 0 Å². The second kappa shape index (κ2) is 7.63. The van der Waals surface area contributed by atoms with E-state index in [-0.39, 0.29) is 6.54 Å². The van der Waals surface area contributed by atoms with Gasteiger partial charge < -0.3 is 56.9 Å². The lowest BCUT2D eigenvalue weighted by Gasteiger charge is -2.46. The molecule has 136 valence electrons. The summed E-state index contributed by atoms with van der Waals surface area (Å²) in [5.74, 6) is 0. The Morgan fingerprint density at radius 3 is 2.09 bits per heavy atom. The number of ether oxygens (including phenoxy) is 3. The van der Waals surface area contributed by atoms with Gasteiger partial charge in [0.25, 0.3) is 0 Å². The Labute approximate surface area is 132 Å². The fraction of sp³-hybridized carbons (Fsp3) is 1.00. The molecule has 10 atom stereocenters. The summed E-state index contributed by atoms with van der Waals surface area (Å²) in [5.41, 5.74) is 16.8. The maximum absolute atomic E-state index is 10.1. The minimum absolute atomic E-state index is 0.0871. The van der Waals surface area contributed by atoms with Crippen LogP contribution in [0.25, 0.3) is 0 Å². The van der Waals surface area contributed by atoms with Gasteiger partial charge in [-0.1, -0.05) is 0 Å². The van der Waals surface area contributed by atoms with Crippen LogP contribution in [0.4, 0.5) is 0 Å². The molecular weight excluding hydrogens is 314 g/mol. The lowest BCUT2D eigenvalue weighted by atomic mass is 9.95. The van der Waals surface area contributed by atoms with Gasteiger partial charge in [-0.25, -0.2) is 0 Å². The number of hydrogen-bond acceptors (Lipinski definition) is 11. The highest BCUT2D eigenvalue weighted by molar-refractivity contribution is 4.96. The van der Waals surface area contributed by atoms with Gasteiger partial charge in [-0.2, -0.15) is 0 Å². The van der Waals surface area contributed by atoms with Crippen LogP contribution < -0.4 is 17.2 Å². The quantitative estimate of drug-likeness (QED) is 0.242. The Morgan fingerprint density at radius 2 is 1.52 bits per heavy atom. The predicted octanol–water partition coefficient (Wildman–Crippen LogP) is -5.50. The third kappa shape index (κ3) is 3.65. The van der Waals surface area contributed by atoms with Crippen LogP contribution in [0.5, 0.6) is 0 Å². The molecule has 0 amide bonds. The molecule has 0 aliphatic carbocycles. The van der Waals surface area contributed by atoms with Crippen molar-refractivity contribution in [3.63, 3.8) is 0 Å². The third-order valence-corrected chi connectivity index (χ3v) is 4.19. The number of rotatable bonds is 4. The number of aliphatic hydroxyl groups is 5. The maximum atomic E-state index is 10.1. The molecule has 0 saturated carbocycles. The Kier molecular flexibility index (Phi) is 6.27. The first-order chi connectivity index (χ1) is 10.8. The lowest BCUT2D eigenvalue weighted by Crippen LogP contribution is -2.67. The van der Waals surface area contributed by atoms with Gasteiger partial charge in [-0.05, 0) is 0 Å². The Balaban J connectivity index is 2.11. The molecule has 1 unspecified atom stereocenters. The highest BCUT2D eigenvalue weighted by Crippen LogP contribution is 2.27. The number of nitrogens with two attached hydrogens (primary N) is 3. The minimum Gasteiger partial charge on any atom is -0.394 e. The fourth-order valence-corrected chi connectivity index (χ4v) is 2.69. The van der Waals surface area contributed by atoms with Gasteiger partial charge >= 0.3 is 0 Å². The first-order valence-electron chi connectivity index (χ1n) is 7.32. The molecule has 0 aromatic rings. The van der Waals surface area contributed by atoms with E-state index in [1.165, 1.54) is 0 Å².